The molecule has 2 aromatic rings. The fraction of sp³-hybridized carbons (Fsp3) is 0.348. The number of nitrogens with zero attached hydrogens (tertiary/aromatic N) is 2. The number of hydrogen-bond donors (Lipinski definition) is 1. The minimum atomic E-state index is -0.389. The summed E-state index contributed by atoms with van der Waals surface area (Å²) < 4.78 is 16.1. The first-order valence-corrected chi connectivity index (χ1v) is 10.2. The van der Waals surface area contributed by atoms with E-state index in [1.807, 2.05) is 24.3 Å². The Morgan fingerprint density at radius 1 is 1.06 bits per heavy atom. The minimum absolute atomic E-state index is 0.0183. The Kier molecular flexibility index (Phi) is 7.19. The zero-order chi connectivity index (χ0) is 23.3. The number of ether oxygens (including phenoxy) is 3. The maximum absolute atomic E-state index is 12.8. The van der Waals surface area contributed by atoms with Gasteiger partial charge in [0.15, 0.2) is 11.5 Å². The summed E-state index contributed by atoms with van der Waals surface area (Å²) in [7, 11) is 6.16. The topological polar surface area (TPSA) is 97.4 Å². The Balaban J connectivity index is 1.72. The van der Waals surface area contributed by atoms with Gasteiger partial charge in [-0.2, -0.15) is 0 Å². The molecule has 0 saturated heterocycles. The van der Waals surface area contributed by atoms with Crippen molar-refractivity contribution < 1.29 is 28.6 Å². The predicted octanol–water partition coefficient (Wildman–Crippen LogP) is 2.55. The highest BCUT2D eigenvalue weighted by Gasteiger charge is 2.24. The third-order valence-electron chi connectivity index (χ3n) is 5.03. The van der Waals surface area contributed by atoms with Crippen LogP contribution in [0, 0.1) is 0 Å². The van der Waals surface area contributed by atoms with E-state index in [1.54, 1.807) is 19.0 Å². The molecule has 1 aliphatic heterocycles. The molecular weight excluding hydrogens is 414 g/mol. The molecule has 1 aliphatic rings. The maximum atomic E-state index is 12.8. The summed E-state index contributed by atoms with van der Waals surface area (Å²) >= 11 is 0. The Hall–Kier alpha value is -3.75. The molecule has 0 saturated carbocycles. The van der Waals surface area contributed by atoms with Gasteiger partial charge in [0, 0.05) is 33.0 Å². The van der Waals surface area contributed by atoms with E-state index in [-0.39, 0.29) is 41.8 Å². The van der Waals surface area contributed by atoms with Gasteiger partial charge in [-0.1, -0.05) is 12.1 Å². The van der Waals surface area contributed by atoms with Gasteiger partial charge in [-0.25, -0.2) is 0 Å². The van der Waals surface area contributed by atoms with Crippen molar-refractivity contribution in [2.75, 3.05) is 51.7 Å². The van der Waals surface area contributed by atoms with Crippen LogP contribution in [-0.4, -0.2) is 64.1 Å². The Morgan fingerprint density at radius 3 is 2.44 bits per heavy atom. The predicted molar refractivity (Wildman–Crippen MR) is 120 cm³/mol. The highest BCUT2D eigenvalue weighted by Crippen LogP contribution is 2.34. The second-order valence-electron chi connectivity index (χ2n) is 7.36. The summed E-state index contributed by atoms with van der Waals surface area (Å²) in [5, 5.41) is 2.73. The summed E-state index contributed by atoms with van der Waals surface area (Å²) in [6, 6.07) is 10.4. The standard InChI is InChI=1S/C23H27N3O6/c1-25(2)23(29)15-13-19(30-3)20(31-4)14-16(15)24-21(27)9-10-22(28)26-11-12-32-18-8-6-5-7-17(18)26/h5-8,13-14H,9-12H2,1-4H3,(H,24,27). The van der Waals surface area contributed by atoms with Gasteiger partial charge < -0.3 is 29.3 Å². The largest absolute Gasteiger partial charge is 0.493 e. The number of hydrogen-bond acceptors (Lipinski definition) is 6. The molecule has 2 aromatic carbocycles. The first-order valence-electron chi connectivity index (χ1n) is 10.2. The first-order chi connectivity index (χ1) is 15.3. The molecule has 1 heterocycles. The molecule has 0 unspecified atom stereocenters. The van der Waals surface area contributed by atoms with Crippen molar-refractivity contribution in [3.8, 4) is 17.2 Å². The molecule has 0 radical (unpaired) electrons. The molecule has 3 amide bonds. The molecule has 3 rings (SSSR count). The first kappa shape index (κ1) is 22.9. The highest BCUT2D eigenvalue weighted by molar-refractivity contribution is 6.05. The highest BCUT2D eigenvalue weighted by atomic mass is 16.5. The van der Waals surface area contributed by atoms with Crippen LogP contribution in [0.1, 0.15) is 23.2 Å². The molecule has 0 aromatic heterocycles. The second-order valence-corrected chi connectivity index (χ2v) is 7.36. The summed E-state index contributed by atoms with van der Waals surface area (Å²) in [6.07, 6.45) is -0.0211. The lowest BCUT2D eigenvalue weighted by Gasteiger charge is -2.29. The molecular formula is C23H27N3O6. The molecule has 32 heavy (non-hydrogen) atoms. The second kappa shape index (κ2) is 10.0. The maximum Gasteiger partial charge on any atom is 0.255 e. The average molecular weight is 441 g/mol. The van der Waals surface area contributed by atoms with Crippen molar-refractivity contribution in [3.05, 3.63) is 42.0 Å². The lowest BCUT2D eigenvalue weighted by atomic mass is 10.1. The molecule has 170 valence electrons. The molecule has 0 spiro atoms. The van der Waals surface area contributed by atoms with Gasteiger partial charge in [0.25, 0.3) is 5.91 Å². The van der Waals surface area contributed by atoms with E-state index in [4.69, 9.17) is 14.2 Å². The number of amides is 3. The molecule has 9 nitrogen and oxygen atoms in total. The third kappa shape index (κ3) is 4.93. The van der Waals surface area contributed by atoms with Crippen LogP contribution in [0.2, 0.25) is 0 Å². The fourth-order valence-corrected chi connectivity index (χ4v) is 3.40. The van der Waals surface area contributed by atoms with Crippen molar-refractivity contribution >= 4 is 29.1 Å². The summed E-state index contributed by atoms with van der Waals surface area (Å²) in [5.41, 5.74) is 1.24. The van der Waals surface area contributed by atoms with E-state index in [0.29, 0.717) is 36.1 Å². The number of fused-ring (bicyclic) bond motifs is 1. The Bertz CT molecular complexity index is 1020. The van der Waals surface area contributed by atoms with Crippen LogP contribution in [0.15, 0.2) is 36.4 Å². The Morgan fingerprint density at radius 2 is 1.75 bits per heavy atom. The van der Waals surface area contributed by atoms with E-state index in [0.717, 1.165) is 0 Å². The van der Waals surface area contributed by atoms with Crippen LogP contribution in [0.5, 0.6) is 17.2 Å². The van der Waals surface area contributed by atoms with Crippen molar-refractivity contribution in [1.29, 1.82) is 0 Å². The van der Waals surface area contributed by atoms with Crippen LogP contribution in [0.3, 0.4) is 0 Å². The van der Waals surface area contributed by atoms with Gasteiger partial charge in [0.1, 0.15) is 12.4 Å². The summed E-state index contributed by atoms with van der Waals surface area (Å²) in [5.74, 6) is 0.527. The van der Waals surface area contributed by atoms with Crippen LogP contribution < -0.4 is 24.4 Å². The zero-order valence-corrected chi connectivity index (χ0v) is 18.6. The van der Waals surface area contributed by atoms with Crippen LogP contribution in [0.4, 0.5) is 11.4 Å². The smallest absolute Gasteiger partial charge is 0.255 e. The number of carbonyl (C=O) groups excluding carboxylic acids is 3. The van der Waals surface area contributed by atoms with E-state index < -0.39 is 0 Å². The van der Waals surface area contributed by atoms with Crippen molar-refractivity contribution in [2.24, 2.45) is 0 Å². The van der Waals surface area contributed by atoms with Gasteiger partial charge in [0.05, 0.1) is 37.7 Å². The van der Waals surface area contributed by atoms with E-state index in [2.05, 4.69) is 5.32 Å². The van der Waals surface area contributed by atoms with E-state index >= 15 is 0 Å². The monoisotopic (exact) mass is 441 g/mol. The van der Waals surface area contributed by atoms with Crippen molar-refractivity contribution in [3.63, 3.8) is 0 Å². The van der Waals surface area contributed by atoms with E-state index in [1.165, 1.54) is 31.3 Å². The fourth-order valence-electron chi connectivity index (χ4n) is 3.40. The number of anilines is 2. The van der Waals surface area contributed by atoms with Crippen LogP contribution in [0.25, 0.3) is 0 Å². The molecule has 0 atom stereocenters. The van der Waals surface area contributed by atoms with Crippen LogP contribution >= 0.6 is 0 Å². The van der Waals surface area contributed by atoms with Crippen molar-refractivity contribution in [2.45, 2.75) is 12.8 Å². The summed E-state index contributed by atoms with van der Waals surface area (Å²) in [4.78, 5) is 41.0. The van der Waals surface area contributed by atoms with Gasteiger partial charge in [-0.3, -0.25) is 14.4 Å². The summed E-state index contributed by atoms with van der Waals surface area (Å²) in [6.45, 7) is 0.825. The number of carbonyl (C=O) groups is 3. The molecule has 1 N–H and O–H groups in total. The van der Waals surface area contributed by atoms with Gasteiger partial charge in [-0.15, -0.1) is 0 Å². The number of benzene rings is 2. The lowest BCUT2D eigenvalue weighted by molar-refractivity contribution is -0.122. The number of methoxy groups -OCH3 is 2. The molecule has 0 aliphatic carbocycles. The van der Waals surface area contributed by atoms with Gasteiger partial charge in [0.2, 0.25) is 11.8 Å². The van der Waals surface area contributed by atoms with Crippen molar-refractivity contribution in [1.82, 2.24) is 4.90 Å². The number of para-hydroxylation sites is 2. The quantitative estimate of drug-likeness (QED) is 0.709. The number of nitrogens with one attached hydrogen (secondary N) is 1. The van der Waals surface area contributed by atoms with E-state index in [9.17, 15) is 14.4 Å². The zero-order valence-electron chi connectivity index (χ0n) is 18.6. The third-order valence-corrected chi connectivity index (χ3v) is 5.03. The SMILES string of the molecule is COc1cc(NC(=O)CCC(=O)N2CCOc3ccccc32)c(C(=O)N(C)C)cc1OC. The molecule has 0 fully saturated rings. The minimum Gasteiger partial charge on any atom is -0.493 e. The average Bonchev–Trinajstić information content (AvgIpc) is 2.81. The number of rotatable bonds is 7. The molecule has 9 heteroatoms. The lowest BCUT2D eigenvalue weighted by Crippen LogP contribution is -2.38. The normalized spacial score (nSPS) is 12.3. The Labute approximate surface area is 186 Å². The van der Waals surface area contributed by atoms with Gasteiger partial charge >= 0.3 is 0 Å². The van der Waals surface area contributed by atoms with Gasteiger partial charge in [-0.05, 0) is 18.2 Å². The molecule has 0 bridgehead atoms. The van der Waals surface area contributed by atoms with Crippen LogP contribution in [-0.2, 0) is 9.59 Å².